The fourth-order valence-corrected chi connectivity index (χ4v) is 3.28. The molecule has 0 bridgehead atoms. The maximum Gasteiger partial charge on any atom is 0.472 e. The van der Waals surface area contributed by atoms with Crippen LogP contribution in [0.25, 0.3) is 0 Å². The second kappa shape index (κ2) is 11.3. The average Bonchev–Trinajstić information content (AvgIpc) is 2.49. The molecule has 0 aliphatic heterocycles. The number of carbonyl (C=O) groups excluding carboxylic acids is 2. The maximum atomic E-state index is 12.1. The second-order valence-electron chi connectivity index (χ2n) is 8.91. The van der Waals surface area contributed by atoms with Crippen molar-refractivity contribution < 1.29 is 33.2 Å². The Balaban J connectivity index is 4.40. The monoisotopic (exact) mass is 424 g/mol. The van der Waals surface area contributed by atoms with Crippen LogP contribution in [0, 0.1) is 11.3 Å². The zero-order valence-corrected chi connectivity index (χ0v) is 19.0. The minimum absolute atomic E-state index is 0.0754. The first-order chi connectivity index (χ1) is 12.6. The van der Waals surface area contributed by atoms with Crippen LogP contribution in [0.5, 0.6) is 0 Å². The molecule has 0 aromatic heterocycles. The van der Waals surface area contributed by atoms with Gasteiger partial charge >= 0.3 is 7.82 Å². The number of phosphoric ester groups is 1. The molecule has 28 heavy (non-hydrogen) atoms. The molecule has 0 fully saturated rings. The first-order valence-corrected chi connectivity index (χ1v) is 11.0. The smallest absolute Gasteiger partial charge is 0.383 e. The summed E-state index contributed by atoms with van der Waals surface area (Å²) >= 11 is 0. The lowest BCUT2D eigenvalue weighted by atomic mass is 9.87. The van der Waals surface area contributed by atoms with Crippen LogP contribution < -0.4 is 10.6 Å². The van der Waals surface area contributed by atoms with E-state index in [0.717, 1.165) is 6.42 Å². The molecule has 0 aliphatic carbocycles. The van der Waals surface area contributed by atoms with Crippen LogP contribution in [0.4, 0.5) is 0 Å². The van der Waals surface area contributed by atoms with Crippen molar-refractivity contribution in [1.29, 1.82) is 0 Å². The average molecular weight is 424 g/mol. The van der Waals surface area contributed by atoms with Crippen molar-refractivity contribution in [2.75, 3.05) is 19.7 Å². The third-order valence-electron chi connectivity index (χ3n) is 3.67. The number of nitrogens with one attached hydrogen (secondary N) is 2. The molecule has 0 saturated heterocycles. The molecule has 0 aromatic carbocycles. The Morgan fingerprint density at radius 2 is 1.64 bits per heavy atom. The number of aliphatic hydroxyl groups is 1. The topological polar surface area (TPSA) is 134 Å². The Hall–Kier alpha value is -0.990. The molecule has 9 nitrogen and oxygen atoms in total. The number of rotatable bonds is 12. The normalized spacial score (nSPS) is 15.8. The molecule has 0 heterocycles. The number of amides is 2. The quantitative estimate of drug-likeness (QED) is 0.352. The molecular formula is C18H37N2O7P. The number of hydrogen-bond donors (Lipinski definition) is 4. The Bertz CT molecular complexity index is 559. The fraction of sp³-hybridized carbons (Fsp3) is 0.889. The van der Waals surface area contributed by atoms with E-state index in [1.807, 2.05) is 0 Å². The minimum atomic E-state index is -4.33. The van der Waals surface area contributed by atoms with E-state index in [4.69, 9.17) is 9.05 Å². The Morgan fingerprint density at radius 3 is 2.14 bits per heavy atom. The van der Waals surface area contributed by atoms with E-state index in [1.165, 1.54) is 13.8 Å². The Labute approximate surface area is 168 Å². The minimum Gasteiger partial charge on any atom is -0.383 e. The van der Waals surface area contributed by atoms with Crippen LogP contribution in [0.1, 0.15) is 61.3 Å². The Morgan fingerprint density at radius 1 is 1.07 bits per heavy atom. The highest BCUT2D eigenvalue weighted by Crippen LogP contribution is 2.48. The van der Waals surface area contributed by atoms with Gasteiger partial charge in [-0.1, -0.05) is 27.7 Å². The van der Waals surface area contributed by atoms with Gasteiger partial charge in [-0.3, -0.25) is 18.6 Å². The van der Waals surface area contributed by atoms with Gasteiger partial charge in [0.05, 0.1) is 12.2 Å². The van der Waals surface area contributed by atoms with Crippen LogP contribution in [-0.4, -0.2) is 53.2 Å². The molecule has 2 atom stereocenters. The summed E-state index contributed by atoms with van der Waals surface area (Å²) in [7, 11) is -4.33. The van der Waals surface area contributed by atoms with E-state index in [0.29, 0.717) is 12.5 Å². The summed E-state index contributed by atoms with van der Waals surface area (Å²) in [4.78, 5) is 33.5. The van der Waals surface area contributed by atoms with Gasteiger partial charge in [-0.2, -0.15) is 0 Å². The fourth-order valence-electron chi connectivity index (χ4n) is 2.04. The van der Waals surface area contributed by atoms with Crippen molar-refractivity contribution in [2.45, 2.75) is 73.0 Å². The van der Waals surface area contributed by atoms with Gasteiger partial charge in [0.15, 0.2) is 0 Å². The molecule has 2 unspecified atom stereocenters. The van der Waals surface area contributed by atoms with Gasteiger partial charge in [-0.25, -0.2) is 4.57 Å². The lowest BCUT2D eigenvalue weighted by Gasteiger charge is -2.31. The van der Waals surface area contributed by atoms with Gasteiger partial charge in [-0.05, 0) is 33.1 Å². The largest absolute Gasteiger partial charge is 0.472 e. The van der Waals surface area contributed by atoms with E-state index >= 15 is 0 Å². The standard InChI is InChI=1S/C18H37N2O7P/c1-13(2)8-10-19-14(21)9-11-20-16(23)15(22)18(6,7)12-26-28(24,25)27-17(3,4)5/h13,15,22H,8-12H2,1-7H3,(H,19,21)(H,20,23)(H,24,25). The van der Waals surface area contributed by atoms with Crippen molar-refractivity contribution in [3.05, 3.63) is 0 Å². The number of aliphatic hydroxyl groups excluding tert-OH is 1. The molecule has 4 N–H and O–H groups in total. The predicted octanol–water partition coefficient (Wildman–Crippen LogP) is 1.97. The van der Waals surface area contributed by atoms with E-state index in [9.17, 15) is 24.2 Å². The van der Waals surface area contributed by atoms with E-state index in [-0.39, 0.29) is 25.5 Å². The van der Waals surface area contributed by atoms with Crippen molar-refractivity contribution in [2.24, 2.45) is 11.3 Å². The molecular weight excluding hydrogens is 387 g/mol. The highest BCUT2D eigenvalue weighted by Gasteiger charge is 2.38. The number of hydrogen-bond acceptors (Lipinski definition) is 6. The number of phosphoric acid groups is 1. The predicted molar refractivity (Wildman–Crippen MR) is 106 cm³/mol. The van der Waals surface area contributed by atoms with Crippen LogP contribution in [0.2, 0.25) is 0 Å². The Kier molecular flexibility index (Phi) is 10.9. The first kappa shape index (κ1) is 27.0. The van der Waals surface area contributed by atoms with Gasteiger partial charge in [-0.15, -0.1) is 0 Å². The summed E-state index contributed by atoms with van der Waals surface area (Å²) in [6.45, 7) is 12.2. The summed E-state index contributed by atoms with van der Waals surface area (Å²) in [6, 6.07) is 0. The second-order valence-corrected chi connectivity index (χ2v) is 10.3. The van der Waals surface area contributed by atoms with Gasteiger partial charge in [0.25, 0.3) is 0 Å². The van der Waals surface area contributed by atoms with Gasteiger partial charge in [0.2, 0.25) is 11.8 Å². The summed E-state index contributed by atoms with van der Waals surface area (Å²) < 4.78 is 21.8. The van der Waals surface area contributed by atoms with Gasteiger partial charge in [0.1, 0.15) is 6.10 Å². The van der Waals surface area contributed by atoms with E-state index < -0.39 is 30.8 Å². The van der Waals surface area contributed by atoms with Gasteiger partial charge in [0, 0.05) is 24.9 Å². The summed E-state index contributed by atoms with van der Waals surface area (Å²) in [5.41, 5.74) is -2.04. The van der Waals surface area contributed by atoms with Crippen LogP contribution in [0.15, 0.2) is 0 Å². The molecule has 0 aromatic rings. The molecule has 0 aliphatic rings. The lowest BCUT2D eigenvalue weighted by molar-refractivity contribution is -0.137. The van der Waals surface area contributed by atoms with Crippen molar-refractivity contribution >= 4 is 19.6 Å². The summed E-state index contributed by atoms with van der Waals surface area (Å²) in [5, 5.41) is 15.5. The molecule has 0 rings (SSSR count). The molecule has 10 heteroatoms. The lowest BCUT2D eigenvalue weighted by Crippen LogP contribution is -2.46. The van der Waals surface area contributed by atoms with Crippen LogP contribution in [-0.2, 0) is 23.2 Å². The zero-order valence-electron chi connectivity index (χ0n) is 18.1. The third kappa shape index (κ3) is 12.5. The van der Waals surface area contributed by atoms with Gasteiger partial charge < -0.3 is 20.6 Å². The molecule has 0 radical (unpaired) electrons. The first-order valence-electron chi connectivity index (χ1n) is 9.46. The summed E-state index contributed by atoms with van der Waals surface area (Å²) in [5.74, 6) is -0.380. The molecule has 2 amide bonds. The maximum absolute atomic E-state index is 12.1. The highest BCUT2D eigenvalue weighted by molar-refractivity contribution is 7.47. The molecule has 0 spiro atoms. The van der Waals surface area contributed by atoms with Crippen LogP contribution >= 0.6 is 7.82 Å². The summed E-state index contributed by atoms with van der Waals surface area (Å²) in [6.07, 6.45) is -0.525. The third-order valence-corrected chi connectivity index (χ3v) is 4.91. The van der Waals surface area contributed by atoms with Crippen molar-refractivity contribution in [1.82, 2.24) is 10.6 Å². The number of carbonyl (C=O) groups is 2. The SMILES string of the molecule is CC(C)CCNC(=O)CCNC(=O)C(O)C(C)(C)COP(=O)(O)OC(C)(C)C. The van der Waals surface area contributed by atoms with Crippen molar-refractivity contribution in [3.63, 3.8) is 0 Å². The van der Waals surface area contributed by atoms with E-state index in [2.05, 4.69) is 24.5 Å². The highest BCUT2D eigenvalue weighted by atomic mass is 31.2. The van der Waals surface area contributed by atoms with E-state index in [1.54, 1.807) is 20.8 Å². The van der Waals surface area contributed by atoms with Crippen molar-refractivity contribution in [3.8, 4) is 0 Å². The van der Waals surface area contributed by atoms with Crippen LogP contribution in [0.3, 0.4) is 0 Å². The molecule has 0 saturated carbocycles. The zero-order chi connectivity index (χ0) is 22.2. The molecule has 166 valence electrons.